The predicted octanol–water partition coefficient (Wildman–Crippen LogP) is 2.86. The summed E-state index contributed by atoms with van der Waals surface area (Å²) < 4.78 is 5.67. The molecule has 0 spiro atoms. The van der Waals surface area contributed by atoms with Crippen molar-refractivity contribution in [1.82, 2.24) is 15.0 Å². The van der Waals surface area contributed by atoms with Gasteiger partial charge < -0.3 is 15.0 Å². The van der Waals surface area contributed by atoms with E-state index in [0.29, 0.717) is 18.0 Å². The first kappa shape index (κ1) is 15.8. The Balaban J connectivity index is 2.24. The van der Waals surface area contributed by atoms with Crippen molar-refractivity contribution < 1.29 is 4.74 Å². The van der Waals surface area contributed by atoms with Gasteiger partial charge in [-0.2, -0.15) is 15.0 Å². The third-order valence-corrected chi connectivity index (χ3v) is 3.54. The van der Waals surface area contributed by atoms with Gasteiger partial charge in [0.05, 0.1) is 6.10 Å². The molecule has 1 aliphatic rings. The van der Waals surface area contributed by atoms with Crippen LogP contribution in [0.4, 0.5) is 11.9 Å². The Hall–Kier alpha value is -1.59. The summed E-state index contributed by atoms with van der Waals surface area (Å²) in [4.78, 5) is 15.7. The van der Waals surface area contributed by atoms with E-state index in [1.165, 1.54) is 19.3 Å². The summed E-state index contributed by atoms with van der Waals surface area (Å²) >= 11 is 0. The Morgan fingerprint density at radius 2 is 2.10 bits per heavy atom. The molecule has 0 saturated carbocycles. The summed E-state index contributed by atoms with van der Waals surface area (Å²) in [5, 5.41) is 3.23. The van der Waals surface area contributed by atoms with E-state index >= 15 is 0 Å². The molecule has 2 heterocycles. The van der Waals surface area contributed by atoms with Crippen LogP contribution < -0.4 is 15.0 Å². The molecule has 0 radical (unpaired) electrons. The average Bonchev–Trinajstić information content (AvgIpc) is 2.44. The van der Waals surface area contributed by atoms with E-state index in [-0.39, 0.29) is 6.10 Å². The van der Waals surface area contributed by atoms with Crippen molar-refractivity contribution in [1.29, 1.82) is 0 Å². The molecule has 0 aromatic carbocycles. The molecule has 1 atom stereocenters. The van der Waals surface area contributed by atoms with Crippen molar-refractivity contribution in [3.63, 3.8) is 0 Å². The van der Waals surface area contributed by atoms with Gasteiger partial charge in [-0.05, 0) is 46.5 Å². The lowest BCUT2D eigenvalue weighted by Crippen LogP contribution is -2.38. The second-order valence-corrected chi connectivity index (χ2v) is 5.87. The highest BCUT2D eigenvalue weighted by molar-refractivity contribution is 5.39. The number of hydrogen-bond donors (Lipinski definition) is 1. The first-order chi connectivity index (χ1) is 10.1. The molecule has 1 aromatic rings. The minimum Gasteiger partial charge on any atom is -0.461 e. The van der Waals surface area contributed by atoms with Crippen molar-refractivity contribution in [3.8, 4) is 6.01 Å². The SMILES string of the molecule is CCCNc1nc(OC(C)C)nc(N2CCCCC2C)n1. The van der Waals surface area contributed by atoms with E-state index in [2.05, 4.69) is 39.0 Å². The molecule has 1 unspecified atom stereocenters. The first-order valence-electron chi connectivity index (χ1n) is 8.03. The predicted molar refractivity (Wildman–Crippen MR) is 85.0 cm³/mol. The van der Waals surface area contributed by atoms with Gasteiger partial charge in [0.1, 0.15) is 0 Å². The zero-order chi connectivity index (χ0) is 15.2. The van der Waals surface area contributed by atoms with Crippen LogP contribution in [0, 0.1) is 0 Å². The van der Waals surface area contributed by atoms with Gasteiger partial charge in [0.25, 0.3) is 0 Å². The number of rotatable bonds is 6. The summed E-state index contributed by atoms with van der Waals surface area (Å²) in [6.45, 7) is 10.1. The topological polar surface area (TPSA) is 63.2 Å². The molecule has 1 aromatic heterocycles. The van der Waals surface area contributed by atoms with Crippen LogP contribution in [0.3, 0.4) is 0 Å². The standard InChI is InChI=1S/C15H27N5O/c1-5-9-16-13-17-14(19-15(18-13)21-11(2)3)20-10-7-6-8-12(20)4/h11-12H,5-10H2,1-4H3,(H,16,17,18,19). The van der Waals surface area contributed by atoms with Crippen molar-refractivity contribution in [2.45, 2.75) is 65.5 Å². The van der Waals surface area contributed by atoms with E-state index in [0.717, 1.165) is 25.5 Å². The summed E-state index contributed by atoms with van der Waals surface area (Å²) in [7, 11) is 0. The highest BCUT2D eigenvalue weighted by Gasteiger charge is 2.22. The maximum Gasteiger partial charge on any atom is 0.323 e. The van der Waals surface area contributed by atoms with Crippen LogP contribution in [0.25, 0.3) is 0 Å². The molecule has 118 valence electrons. The zero-order valence-corrected chi connectivity index (χ0v) is 13.6. The number of anilines is 2. The minimum atomic E-state index is 0.0538. The van der Waals surface area contributed by atoms with Gasteiger partial charge in [-0.25, -0.2) is 0 Å². The second-order valence-electron chi connectivity index (χ2n) is 5.87. The molecule has 1 aliphatic heterocycles. The van der Waals surface area contributed by atoms with Crippen molar-refractivity contribution >= 4 is 11.9 Å². The van der Waals surface area contributed by atoms with Gasteiger partial charge >= 0.3 is 6.01 Å². The molecular formula is C15H27N5O. The molecule has 6 nitrogen and oxygen atoms in total. The Bertz CT molecular complexity index is 452. The number of nitrogens with one attached hydrogen (secondary N) is 1. The number of hydrogen-bond acceptors (Lipinski definition) is 6. The third-order valence-electron chi connectivity index (χ3n) is 3.54. The highest BCUT2D eigenvalue weighted by atomic mass is 16.5. The summed E-state index contributed by atoms with van der Waals surface area (Å²) in [5.41, 5.74) is 0. The van der Waals surface area contributed by atoms with Gasteiger partial charge in [0.2, 0.25) is 11.9 Å². The molecule has 6 heteroatoms. The fourth-order valence-corrected chi connectivity index (χ4v) is 2.45. The molecule has 1 saturated heterocycles. The number of piperidine rings is 1. The third kappa shape index (κ3) is 4.44. The maximum atomic E-state index is 5.67. The van der Waals surface area contributed by atoms with E-state index < -0.39 is 0 Å². The summed E-state index contributed by atoms with van der Waals surface area (Å²) in [5.74, 6) is 1.33. The monoisotopic (exact) mass is 293 g/mol. The van der Waals surface area contributed by atoms with Crippen LogP contribution in [-0.4, -0.2) is 40.2 Å². The molecule has 1 N–H and O–H groups in total. The van der Waals surface area contributed by atoms with Crippen LogP contribution in [-0.2, 0) is 0 Å². The van der Waals surface area contributed by atoms with Crippen LogP contribution in [0.5, 0.6) is 6.01 Å². The van der Waals surface area contributed by atoms with Gasteiger partial charge in [0, 0.05) is 19.1 Å². The zero-order valence-electron chi connectivity index (χ0n) is 13.6. The molecular weight excluding hydrogens is 266 g/mol. The highest BCUT2D eigenvalue weighted by Crippen LogP contribution is 2.23. The molecule has 21 heavy (non-hydrogen) atoms. The average molecular weight is 293 g/mol. The lowest BCUT2D eigenvalue weighted by Gasteiger charge is -2.33. The molecule has 0 amide bonds. The van der Waals surface area contributed by atoms with E-state index in [4.69, 9.17) is 4.74 Å². The van der Waals surface area contributed by atoms with Crippen LogP contribution in [0.1, 0.15) is 53.4 Å². The minimum absolute atomic E-state index is 0.0538. The lowest BCUT2D eigenvalue weighted by molar-refractivity contribution is 0.221. The second kappa shape index (κ2) is 7.43. The van der Waals surface area contributed by atoms with Crippen LogP contribution >= 0.6 is 0 Å². The smallest absolute Gasteiger partial charge is 0.323 e. The largest absolute Gasteiger partial charge is 0.461 e. The molecule has 0 aliphatic carbocycles. The molecule has 2 rings (SSSR count). The summed E-state index contributed by atoms with van der Waals surface area (Å²) in [6.07, 6.45) is 4.73. The van der Waals surface area contributed by atoms with Gasteiger partial charge in [0.15, 0.2) is 0 Å². The van der Waals surface area contributed by atoms with Gasteiger partial charge in [-0.15, -0.1) is 0 Å². The fourth-order valence-electron chi connectivity index (χ4n) is 2.45. The van der Waals surface area contributed by atoms with Crippen LogP contribution in [0.2, 0.25) is 0 Å². The first-order valence-corrected chi connectivity index (χ1v) is 8.03. The fraction of sp³-hybridized carbons (Fsp3) is 0.800. The van der Waals surface area contributed by atoms with Crippen LogP contribution in [0.15, 0.2) is 0 Å². The van der Waals surface area contributed by atoms with Gasteiger partial charge in [-0.1, -0.05) is 6.92 Å². The Morgan fingerprint density at radius 1 is 1.29 bits per heavy atom. The number of ether oxygens (including phenoxy) is 1. The normalized spacial score (nSPS) is 18.9. The Morgan fingerprint density at radius 3 is 2.76 bits per heavy atom. The summed E-state index contributed by atoms with van der Waals surface area (Å²) in [6, 6.07) is 0.874. The quantitative estimate of drug-likeness (QED) is 0.870. The van der Waals surface area contributed by atoms with E-state index in [1.54, 1.807) is 0 Å². The van der Waals surface area contributed by atoms with Crippen molar-refractivity contribution in [3.05, 3.63) is 0 Å². The van der Waals surface area contributed by atoms with Crippen molar-refractivity contribution in [2.24, 2.45) is 0 Å². The number of aromatic nitrogens is 3. The lowest BCUT2D eigenvalue weighted by atomic mass is 10.0. The van der Waals surface area contributed by atoms with Crippen molar-refractivity contribution in [2.75, 3.05) is 23.3 Å². The Kier molecular flexibility index (Phi) is 5.59. The molecule has 0 bridgehead atoms. The Labute approximate surface area is 127 Å². The van der Waals surface area contributed by atoms with E-state index in [9.17, 15) is 0 Å². The maximum absolute atomic E-state index is 5.67. The number of nitrogens with zero attached hydrogens (tertiary/aromatic N) is 4. The van der Waals surface area contributed by atoms with E-state index in [1.807, 2.05) is 13.8 Å². The van der Waals surface area contributed by atoms with Gasteiger partial charge in [-0.3, -0.25) is 0 Å². The molecule has 1 fully saturated rings.